The quantitative estimate of drug-likeness (QED) is 0.349. The smallest absolute Gasteiger partial charge is 0.159 e. The Kier molecular flexibility index (Phi) is 5.96. The molecular weight excluding hydrogens is 398 g/mol. The number of nitrogens with zero attached hydrogens (tertiary/aromatic N) is 2. The van der Waals surface area contributed by atoms with Crippen LogP contribution < -0.4 is 21.1 Å². The van der Waals surface area contributed by atoms with Crippen LogP contribution in [0.4, 0.5) is 23.0 Å². The lowest BCUT2D eigenvalue weighted by atomic mass is 10.2. The van der Waals surface area contributed by atoms with Gasteiger partial charge in [-0.2, -0.15) is 0 Å². The predicted octanol–water partition coefficient (Wildman–Crippen LogP) is 5.86. The first kappa shape index (κ1) is 19.5. The highest BCUT2D eigenvalue weighted by molar-refractivity contribution is 6.30. The van der Waals surface area contributed by atoms with Gasteiger partial charge in [0.25, 0.3) is 0 Å². The van der Waals surface area contributed by atoms with Gasteiger partial charge in [-0.15, -0.1) is 0 Å². The Morgan fingerprint density at radius 3 is 2.20 bits per heavy atom. The molecule has 0 fully saturated rings. The van der Waals surface area contributed by atoms with Gasteiger partial charge < -0.3 is 21.1 Å². The number of para-hydroxylation sites is 1. The fraction of sp³-hybridized carbons (Fsp3) is 0.0435. The molecule has 0 aliphatic carbocycles. The Balaban J connectivity index is 1.41. The van der Waals surface area contributed by atoms with Crippen LogP contribution in [0.1, 0.15) is 5.56 Å². The van der Waals surface area contributed by atoms with Gasteiger partial charge in [0.2, 0.25) is 0 Å². The Labute approximate surface area is 179 Å². The van der Waals surface area contributed by atoms with E-state index in [9.17, 15) is 0 Å². The number of anilines is 4. The summed E-state index contributed by atoms with van der Waals surface area (Å²) >= 11 is 5.92. The molecule has 0 aliphatic rings. The van der Waals surface area contributed by atoms with Gasteiger partial charge in [-0.3, -0.25) is 0 Å². The number of aromatic nitrogens is 2. The maximum absolute atomic E-state index is 6.26. The summed E-state index contributed by atoms with van der Waals surface area (Å²) in [6.07, 6.45) is 1.47. The maximum atomic E-state index is 6.26. The molecule has 0 bridgehead atoms. The minimum Gasteiger partial charge on any atom is -0.457 e. The van der Waals surface area contributed by atoms with Gasteiger partial charge in [0, 0.05) is 17.3 Å². The van der Waals surface area contributed by atoms with E-state index in [1.165, 1.54) is 6.33 Å². The van der Waals surface area contributed by atoms with E-state index >= 15 is 0 Å². The normalized spacial score (nSPS) is 10.4. The number of rotatable bonds is 7. The third-order valence-corrected chi connectivity index (χ3v) is 4.61. The van der Waals surface area contributed by atoms with Gasteiger partial charge in [-0.1, -0.05) is 41.9 Å². The Hall–Kier alpha value is -3.77. The molecule has 0 saturated carbocycles. The fourth-order valence-electron chi connectivity index (χ4n) is 2.79. The average molecular weight is 418 g/mol. The van der Waals surface area contributed by atoms with Crippen LogP contribution in [0.5, 0.6) is 11.5 Å². The van der Waals surface area contributed by atoms with Crippen LogP contribution in [0.15, 0.2) is 85.2 Å². The molecule has 3 aromatic carbocycles. The van der Waals surface area contributed by atoms with Gasteiger partial charge in [-0.25, -0.2) is 9.97 Å². The molecule has 30 heavy (non-hydrogen) atoms. The molecule has 1 heterocycles. The first-order valence-electron chi connectivity index (χ1n) is 9.36. The summed E-state index contributed by atoms with van der Waals surface area (Å²) < 4.78 is 5.81. The summed E-state index contributed by atoms with van der Waals surface area (Å²) in [5, 5.41) is 7.15. The van der Waals surface area contributed by atoms with E-state index in [0.717, 1.165) is 22.7 Å². The fourth-order valence-corrected chi connectivity index (χ4v) is 2.92. The second kappa shape index (κ2) is 9.15. The molecule has 150 valence electrons. The molecule has 0 radical (unpaired) electrons. The summed E-state index contributed by atoms with van der Waals surface area (Å²) in [7, 11) is 0. The number of benzene rings is 3. The third kappa shape index (κ3) is 4.98. The van der Waals surface area contributed by atoms with Crippen LogP contribution in [-0.4, -0.2) is 9.97 Å². The van der Waals surface area contributed by atoms with Gasteiger partial charge in [0.15, 0.2) is 11.6 Å². The summed E-state index contributed by atoms with van der Waals surface area (Å²) in [5.41, 5.74) is 8.60. The summed E-state index contributed by atoms with van der Waals surface area (Å²) in [5.74, 6) is 2.62. The molecule has 4 aromatic rings. The molecule has 0 saturated heterocycles. The SMILES string of the molecule is Nc1c(NCc2ccc(Cl)cc2)ncnc1Nc1ccc(Oc2ccccc2)cc1. The molecule has 6 nitrogen and oxygen atoms in total. The second-order valence-corrected chi connectivity index (χ2v) is 6.97. The molecule has 4 rings (SSSR count). The lowest BCUT2D eigenvalue weighted by molar-refractivity contribution is 0.483. The number of nitrogens with two attached hydrogens (primary N) is 1. The topological polar surface area (TPSA) is 85.1 Å². The van der Waals surface area contributed by atoms with Crippen molar-refractivity contribution in [3.05, 3.63) is 95.8 Å². The molecule has 0 atom stereocenters. The Bertz CT molecular complexity index is 1100. The number of ether oxygens (including phenoxy) is 1. The Morgan fingerprint density at radius 1 is 0.800 bits per heavy atom. The largest absolute Gasteiger partial charge is 0.457 e. The lowest BCUT2D eigenvalue weighted by Gasteiger charge is -2.13. The number of nitrogen functional groups attached to an aromatic ring is 1. The van der Waals surface area contributed by atoms with Gasteiger partial charge >= 0.3 is 0 Å². The predicted molar refractivity (Wildman–Crippen MR) is 121 cm³/mol. The average Bonchev–Trinajstić information content (AvgIpc) is 2.77. The Morgan fingerprint density at radius 2 is 1.47 bits per heavy atom. The van der Waals surface area contributed by atoms with Crippen LogP contribution in [0.3, 0.4) is 0 Å². The zero-order valence-corrected chi connectivity index (χ0v) is 16.8. The molecule has 1 aromatic heterocycles. The van der Waals surface area contributed by atoms with Gasteiger partial charge in [-0.05, 0) is 54.1 Å². The summed E-state index contributed by atoms with van der Waals surface area (Å²) in [6, 6.07) is 24.8. The van der Waals surface area contributed by atoms with Gasteiger partial charge in [0.1, 0.15) is 23.5 Å². The van der Waals surface area contributed by atoms with E-state index in [1.807, 2.05) is 78.9 Å². The minimum absolute atomic E-state index is 0.441. The van der Waals surface area contributed by atoms with Gasteiger partial charge in [0.05, 0.1) is 0 Å². The highest BCUT2D eigenvalue weighted by atomic mass is 35.5. The zero-order valence-electron chi connectivity index (χ0n) is 16.0. The van der Waals surface area contributed by atoms with Crippen molar-refractivity contribution in [3.63, 3.8) is 0 Å². The van der Waals surface area contributed by atoms with Crippen molar-refractivity contribution in [2.45, 2.75) is 6.54 Å². The van der Waals surface area contributed by atoms with E-state index in [1.54, 1.807) is 0 Å². The minimum atomic E-state index is 0.441. The highest BCUT2D eigenvalue weighted by Gasteiger charge is 2.09. The van der Waals surface area contributed by atoms with Crippen LogP contribution in [0.25, 0.3) is 0 Å². The van der Waals surface area contributed by atoms with Crippen molar-refractivity contribution in [2.24, 2.45) is 0 Å². The highest BCUT2D eigenvalue weighted by Crippen LogP contribution is 2.28. The van der Waals surface area contributed by atoms with E-state index in [2.05, 4.69) is 20.6 Å². The van der Waals surface area contributed by atoms with E-state index in [4.69, 9.17) is 22.1 Å². The number of halogens is 1. The van der Waals surface area contributed by atoms with E-state index < -0.39 is 0 Å². The number of hydrogen-bond acceptors (Lipinski definition) is 6. The number of nitrogens with one attached hydrogen (secondary N) is 2. The van der Waals surface area contributed by atoms with E-state index in [-0.39, 0.29) is 0 Å². The van der Waals surface area contributed by atoms with E-state index in [0.29, 0.717) is 28.9 Å². The molecule has 0 unspecified atom stereocenters. The maximum Gasteiger partial charge on any atom is 0.159 e. The van der Waals surface area contributed by atoms with Crippen molar-refractivity contribution in [1.29, 1.82) is 0 Å². The van der Waals surface area contributed by atoms with Crippen molar-refractivity contribution in [2.75, 3.05) is 16.4 Å². The van der Waals surface area contributed by atoms with Crippen molar-refractivity contribution >= 4 is 34.6 Å². The molecule has 7 heteroatoms. The monoisotopic (exact) mass is 417 g/mol. The number of hydrogen-bond donors (Lipinski definition) is 3. The van der Waals surface area contributed by atoms with Crippen LogP contribution in [0, 0.1) is 0 Å². The third-order valence-electron chi connectivity index (χ3n) is 4.35. The second-order valence-electron chi connectivity index (χ2n) is 6.53. The first-order chi connectivity index (χ1) is 14.7. The van der Waals surface area contributed by atoms with Crippen LogP contribution in [-0.2, 0) is 6.54 Å². The van der Waals surface area contributed by atoms with Crippen LogP contribution in [0.2, 0.25) is 5.02 Å². The van der Waals surface area contributed by atoms with Crippen molar-refractivity contribution < 1.29 is 4.74 Å². The lowest BCUT2D eigenvalue weighted by Crippen LogP contribution is -2.08. The van der Waals surface area contributed by atoms with Crippen molar-refractivity contribution in [3.8, 4) is 11.5 Å². The summed E-state index contributed by atoms with van der Waals surface area (Å²) in [4.78, 5) is 8.50. The zero-order chi connectivity index (χ0) is 20.8. The standard InChI is InChI=1S/C23H20ClN5O/c24-17-8-6-16(7-9-17)14-26-22-21(25)23(28-15-27-22)29-18-10-12-20(13-11-18)30-19-4-2-1-3-5-19/h1-13,15H,14,25H2,(H2,26,27,28,29). The van der Waals surface area contributed by atoms with Crippen molar-refractivity contribution in [1.82, 2.24) is 9.97 Å². The molecule has 0 amide bonds. The summed E-state index contributed by atoms with van der Waals surface area (Å²) in [6.45, 7) is 0.573. The van der Waals surface area contributed by atoms with Crippen LogP contribution >= 0.6 is 11.6 Å². The molecule has 0 aliphatic heterocycles. The first-order valence-corrected chi connectivity index (χ1v) is 9.74. The molecular formula is C23H20ClN5O. The molecule has 0 spiro atoms. The molecule has 4 N–H and O–H groups in total.